The minimum absolute atomic E-state index is 0.0343. The molecule has 30 heavy (non-hydrogen) atoms. The molecule has 0 saturated heterocycles. The number of para-hydroxylation sites is 1. The highest BCUT2D eigenvalue weighted by molar-refractivity contribution is 5.93. The Labute approximate surface area is 180 Å². The average molecular weight is 412 g/mol. The normalized spacial score (nSPS) is 12.3. The summed E-state index contributed by atoms with van der Waals surface area (Å²) in [5, 5.41) is 3.13. The first-order chi connectivity index (χ1) is 14.2. The molecule has 0 aliphatic heterocycles. The van der Waals surface area contributed by atoms with Crippen LogP contribution in [-0.2, 0) is 20.9 Å². The van der Waals surface area contributed by atoms with Gasteiger partial charge in [-0.05, 0) is 51.3 Å². The Morgan fingerprint density at radius 3 is 2.07 bits per heavy atom. The van der Waals surface area contributed by atoms with Gasteiger partial charge >= 0.3 is 5.97 Å². The predicted molar refractivity (Wildman–Crippen MR) is 121 cm³/mol. The molecule has 0 fully saturated rings. The molecule has 5 nitrogen and oxygen atoms in total. The summed E-state index contributed by atoms with van der Waals surface area (Å²) in [5.74, 6) is -0.492. The number of methoxy groups -OCH3 is 1. The van der Waals surface area contributed by atoms with Gasteiger partial charge in [0, 0.05) is 11.3 Å². The molecule has 1 unspecified atom stereocenters. The monoisotopic (exact) mass is 411 g/mol. The number of amides is 1. The Hall–Kier alpha value is -2.66. The van der Waals surface area contributed by atoms with Crippen molar-refractivity contribution in [1.82, 2.24) is 0 Å². The summed E-state index contributed by atoms with van der Waals surface area (Å²) in [6.45, 7) is 13.0. The Bertz CT molecular complexity index is 850. The quantitative estimate of drug-likeness (QED) is 0.486. The van der Waals surface area contributed by atoms with Crippen molar-refractivity contribution in [3.05, 3.63) is 64.7 Å². The summed E-state index contributed by atoms with van der Waals surface area (Å²) < 4.78 is 5.50. The van der Waals surface area contributed by atoms with E-state index in [1.165, 1.54) is 7.11 Å². The van der Waals surface area contributed by atoms with Crippen molar-refractivity contribution in [1.29, 1.82) is 0 Å². The second-order valence-electron chi connectivity index (χ2n) is 8.09. The molecule has 1 amide bonds. The summed E-state index contributed by atoms with van der Waals surface area (Å²) >= 11 is 0. The molecule has 0 heterocycles. The number of benzene rings is 2. The third-order valence-corrected chi connectivity index (χ3v) is 6.12. The number of likely N-dealkylation sites (N-methyl/N-ethyl adjacent to an activating group) is 1. The van der Waals surface area contributed by atoms with Gasteiger partial charge in [-0.15, -0.1) is 0 Å². The van der Waals surface area contributed by atoms with Crippen molar-refractivity contribution >= 4 is 17.6 Å². The minimum Gasteiger partial charge on any atom is -0.469 e. The minimum atomic E-state index is -0.288. The van der Waals surface area contributed by atoms with Gasteiger partial charge in [-0.3, -0.25) is 9.59 Å². The first-order valence-corrected chi connectivity index (χ1v) is 10.6. The van der Waals surface area contributed by atoms with Gasteiger partial charge in [0.15, 0.2) is 6.54 Å². The maximum atomic E-state index is 12.9. The van der Waals surface area contributed by atoms with E-state index in [-0.39, 0.29) is 17.8 Å². The predicted octanol–water partition coefficient (Wildman–Crippen LogP) is 4.58. The number of ether oxygens (including phenoxy) is 1. The molecule has 0 radical (unpaired) electrons. The lowest BCUT2D eigenvalue weighted by molar-refractivity contribution is -0.930. The van der Waals surface area contributed by atoms with Gasteiger partial charge in [-0.1, -0.05) is 42.5 Å². The molecule has 162 valence electrons. The van der Waals surface area contributed by atoms with Crippen LogP contribution in [0.1, 0.15) is 48.9 Å². The topological polar surface area (TPSA) is 55.4 Å². The number of aryl methyl sites for hydroxylation is 2. The molecule has 2 rings (SSSR count). The molecular weight excluding hydrogens is 376 g/mol. The largest absolute Gasteiger partial charge is 0.469 e. The van der Waals surface area contributed by atoms with Crippen molar-refractivity contribution in [2.45, 2.75) is 47.1 Å². The van der Waals surface area contributed by atoms with Crippen molar-refractivity contribution in [3.8, 4) is 0 Å². The van der Waals surface area contributed by atoms with Crippen molar-refractivity contribution in [3.63, 3.8) is 0 Å². The van der Waals surface area contributed by atoms with Gasteiger partial charge in [-0.25, -0.2) is 0 Å². The smallest absolute Gasteiger partial charge is 0.312 e. The van der Waals surface area contributed by atoms with E-state index >= 15 is 0 Å². The van der Waals surface area contributed by atoms with E-state index in [4.69, 9.17) is 4.74 Å². The number of carbonyl (C=O) groups is 2. The highest BCUT2D eigenvalue weighted by atomic mass is 16.5. The van der Waals surface area contributed by atoms with E-state index in [0.29, 0.717) is 11.0 Å². The highest BCUT2D eigenvalue weighted by Crippen LogP contribution is 2.22. The number of quaternary nitrogens is 1. The van der Waals surface area contributed by atoms with Crippen LogP contribution in [0.2, 0.25) is 0 Å². The van der Waals surface area contributed by atoms with Crippen molar-refractivity contribution < 1.29 is 18.8 Å². The van der Waals surface area contributed by atoms with E-state index in [1.807, 2.05) is 51.1 Å². The number of nitrogens with zero attached hydrogens (tertiary/aromatic N) is 1. The molecule has 0 bridgehead atoms. The van der Waals surface area contributed by atoms with E-state index in [2.05, 4.69) is 31.3 Å². The number of hydrogen-bond acceptors (Lipinski definition) is 3. The van der Waals surface area contributed by atoms with Crippen LogP contribution in [0.3, 0.4) is 0 Å². The van der Waals surface area contributed by atoms with E-state index in [0.717, 1.165) is 47.6 Å². The molecule has 1 N–H and O–H groups in total. The lowest BCUT2D eigenvalue weighted by Crippen LogP contribution is -2.51. The summed E-state index contributed by atoms with van der Waals surface area (Å²) in [5.41, 5.74) is 5.15. The van der Waals surface area contributed by atoms with Crippen LogP contribution >= 0.6 is 0 Å². The Kier molecular flexibility index (Phi) is 8.18. The number of nitrogens with one attached hydrogen (secondary N) is 1. The van der Waals surface area contributed by atoms with Crippen LogP contribution < -0.4 is 5.32 Å². The second-order valence-corrected chi connectivity index (χ2v) is 8.09. The molecular formula is C25H35N2O3+. The molecule has 0 spiro atoms. The van der Waals surface area contributed by atoms with Crippen LogP contribution in [0.5, 0.6) is 0 Å². The highest BCUT2D eigenvalue weighted by Gasteiger charge is 2.28. The number of rotatable bonds is 9. The van der Waals surface area contributed by atoms with Crippen molar-refractivity contribution in [2.24, 2.45) is 0 Å². The lowest BCUT2D eigenvalue weighted by atomic mass is 9.99. The third-order valence-electron chi connectivity index (χ3n) is 6.12. The van der Waals surface area contributed by atoms with Gasteiger partial charge in [-0.2, -0.15) is 0 Å². The average Bonchev–Trinajstić information content (AvgIpc) is 2.75. The Morgan fingerprint density at radius 2 is 1.57 bits per heavy atom. The summed E-state index contributed by atoms with van der Waals surface area (Å²) in [7, 11) is 1.41. The fourth-order valence-corrected chi connectivity index (χ4v) is 3.83. The van der Waals surface area contributed by atoms with Crippen LogP contribution in [-0.4, -0.2) is 43.1 Å². The zero-order valence-electron chi connectivity index (χ0n) is 19.1. The van der Waals surface area contributed by atoms with E-state index in [9.17, 15) is 9.59 Å². The molecule has 5 heteroatoms. The molecule has 0 saturated carbocycles. The lowest BCUT2D eigenvalue weighted by Gasteiger charge is -2.36. The molecule has 1 atom stereocenters. The summed E-state index contributed by atoms with van der Waals surface area (Å²) in [4.78, 5) is 24.7. The van der Waals surface area contributed by atoms with Crippen LogP contribution in [0, 0.1) is 13.8 Å². The first kappa shape index (κ1) is 23.6. The standard InChI is InChI=1S/C25H34N2O3/c1-7-27(8-2,17-23(28)26-24-18(3)10-9-11-19(24)4)16-21-12-14-22(15-13-21)20(5)25(29)30-6/h9-15,20H,7-8,16-17H2,1-6H3/p+1. The number of hydrogen-bond donors (Lipinski definition) is 1. The van der Waals surface area contributed by atoms with Gasteiger partial charge in [0.25, 0.3) is 5.91 Å². The number of carbonyl (C=O) groups excluding carboxylic acids is 2. The summed E-state index contributed by atoms with van der Waals surface area (Å²) in [6, 6.07) is 14.1. The molecule has 0 aromatic heterocycles. The maximum absolute atomic E-state index is 12.9. The van der Waals surface area contributed by atoms with Crippen LogP contribution in [0.25, 0.3) is 0 Å². The first-order valence-electron chi connectivity index (χ1n) is 10.6. The summed E-state index contributed by atoms with van der Waals surface area (Å²) in [6.07, 6.45) is 0. The van der Waals surface area contributed by atoms with Gasteiger partial charge in [0.2, 0.25) is 0 Å². The van der Waals surface area contributed by atoms with Crippen LogP contribution in [0.15, 0.2) is 42.5 Å². The number of esters is 1. The Balaban J connectivity index is 2.13. The zero-order chi connectivity index (χ0) is 22.3. The van der Waals surface area contributed by atoms with Gasteiger partial charge in [0.05, 0.1) is 26.1 Å². The van der Waals surface area contributed by atoms with Gasteiger partial charge in [0.1, 0.15) is 6.54 Å². The van der Waals surface area contributed by atoms with Crippen LogP contribution in [0.4, 0.5) is 5.69 Å². The Morgan fingerprint density at radius 1 is 1.00 bits per heavy atom. The van der Waals surface area contributed by atoms with Gasteiger partial charge < -0.3 is 14.5 Å². The SMILES string of the molecule is CC[N+](CC)(CC(=O)Nc1c(C)cccc1C)Cc1ccc(C(C)C(=O)OC)cc1. The maximum Gasteiger partial charge on any atom is 0.312 e. The fraction of sp³-hybridized carbons (Fsp3) is 0.440. The molecule has 2 aromatic carbocycles. The molecule has 2 aromatic rings. The van der Waals surface area contributed by atoms with E-state index in [1.54, 1.807) is 0 Å². The molecule has 0 aliphatic carbocycles. The molecule has 0 aliphatic rings. The fourth-order valence-electron chi connectivity index (χ4n) is 3.83. The second kappa shape index (κ2) is 10.4. The third kappa shape index (κ3) is 5.70. The zero-order valence-corrected chi connectivity index (χ0v) is 19.1. The number of anilines is 1. The van der Waals surface area contributed by atoms with E-state index < -0.39 is 0 Å². The van der Waals surface area contributed by atoms with Crippen molar-refractivity contribution in [2.75, 3.05) is 32.1 Å².